The molecule has 0 bridgehead atoms. The van der Waals surface area contributed by atoms with Crippen LogP contribution in [-0.2, 0) is 9.59 Å². The van der Waals surface area contributed by atoms with Gasteiger partial charge in [-0.15, -0.1) is 0 Å². The number of primary amides is 1. The molecule has 114 valence electrons. The van der Waals surface area contributed by atoms with Crippen LogP contribution in [-0.4, -0.2) is 41.0 Å². The number of nitrogens with two attached hydrogens (primary N) is 1. The summed E-state index contributed by atoms with van der Waals surface area (Å²) in [7, 11) is 0. The SMILES string of the molecule is NC(=O)C(=O)N1CC[C@H](c2ccc3ccccc3c2)[C@@H](O)C1. The van der Waals surface area contributed by atoms with Gasteiger partial charge in [0.25, 0.3) is 0 Å². The number of carbonyl (C=O) groups excluding carboxylic acids is 2. The smallest absolute Gasteiger partial charge is 0.311 e. The second-order valence-electron chi connectivity index (χ2n) is 5.68. The standard InChI is InChI=1S/C17H18N2O3/c18-16(21)17(22)19-8-7-14(15(20)10-19)13-6-5-11-3-1-2-4-12(11)9-13/h1-6,9,14-15,20H,7-8,10H2,(H2,18,21)/t14-,15+/m1/s1. The van der Waals surface area contributed by atoms with Crippen LogP contribution >= 0.6 is 0 Å². The molecule has 2 aromatic carbocycles. The average molecular weight is 298 g/mol. The maximum absolute atomic E-state index is 11.6. The van der Waals surface area contributed by atoms with E-state index in [4.69, 9.17) is 5.73 Å². The third kappa shape index (κ3) is 2.67. The Bertz CT molecular complexity index is 729. The molecule has 2 atom stereocenters. The Morgan fingerprint density at radius 2 is 1.86 bits per heavy atom. The van der Waals surface area contributed by atoms with Crippen molar-refractivity contribution < 1.29 is 14.7 Å². The number of benzene rings is 2. The molecule has 1 fully saturated rings. The maximum Gasteiger partial charge on any atom is 0.311 e. The van der Waals surface area contributed by atoms with Crippen molar-refractivity contribution in [2.75, 3.05) is 13.1 Å². The fourth-order valence-corrected chi connectivity index (χ4v) is 3.10. The second kappa shape index (κ2) is 5.77. The van der Waals surface area contributed by atoms with Gasteiger partial charge in [0.2, 0.25) is 0 Å². The number of amides is 2. The van der Waals surface area contributed by atoms with Gasteiger partial charge in [0.1, 0.15) is 0 Å². The lowest BCUT2D eigenvalue weighted by Crippen LogP contribution is -2.49. The van der Waals surface area contributed by atoms with Gasteiger partial charge in [-0.05, 0) is 22.8 Å². The van der Waals surface area contributed by atoms with Crippen molar-refractivity contribution in [3.8, 4) is 0 Å². The fourth-order valence-electron chi connectivity index (χ4n) is 3.10. The van der Waals surface area contributed by atoms with Crippen molar-refractivity contribution in [3.05, 3.63) is 48.0 Å². The Hall–Kier alpha value is -2.40. The van der Waals surface area contributed by atoms with E-state index in [9.17, 15) is 14.7 Å². The van der Waals surface area contributed by atoms with Crippen molar-refractivity contribution in [1.29, 1.82) is 0 Å². The predicted molar refractivity (Wildman–Crippen MR) is 83.1 cm³/mol. The van der Waals surface area contributed by atoms with Crippen LogP contribution in [0.1, 0.15) is 17.9 Å². The van der Waals surface area contributed by atoms with Crippen LogP contribution in [0.3, 0.4) is 0 Å². The molecule has 0 aromatic heterocycles. The zero-order valence-corrected chi connectivity index (χ0v) is 12.1. The molecule has 0 aliphatic carbocycles. The Labute approximate surface area is 128 Å². The molecule has 0 unspecified atom stereocenters. The van der Waals surface area contributed by atoms with Gasteiger partial charge in [-0.1, -0.05) is 42.5 Å². The number of aliphatic hydroxyl groups is 1. The van der Waals surface area contributed by atoms with Crippen LogP contribution < -0.4 is 5.73 Å². The van der Waals surface area contributed by atoms with E-state index >= 15 is 0 Å². The number of aliphatic hydroxyl groups excluding tert-OH is 1. The monoisotopic (exact) mass is 298 g/mol. The Kier molecular flexibility index (Phi) is 3.81. The summed E-state index contributed by atoms with van der Waals surface area (Å²) in [5.41, 5.74) is 6.06. The lowest BCUT2D eigenvalue weighted by molar-refractivity contribution is -0.146. The first-order valence-corrected chi connectivity index (χ1v) is 7.32. The van der Waals surface area contributed by atoms with E-state index < -0.39 is 17.9 Å². The van der Waals surface area contributed by atoms with Crippen LogP contribution in [0.15, 0.2) is 42.5 Å². The van der Waals surface area contributed by atoms with E-state index in [2.05, 4.69) is 6.07 Å². The first kappa shape index (κ1) is 14.5. The highest BCUT2D eigenvalue weighted by Gasteiger charge is 2.32. The van der Waals surface area contributed by atoms with E-state index in [0.717, 1.165) is 16.3 Å². The quantitative estimate of drug-likeness (QED) is 0.770. The fraction of sp³-hybridized carbons (Fsp3) is 0.294. The summed E-state index contributed by atoms with van der Waals surface area (Å²) in [5, 5.41) is 12.6. The van der Waals surface area contributed by atoms with Crippen molar-refractivity contribution in [2.24, 2.45) is 5.73 Å². The molecule has 22 heavy (non-hydrogen) atoms. The summed E-state index contributed by atoms with van der Waals surface area (Å²) in [6.45, 7) is 0.565. The highest BCUT2D eigenvalue weighted by molar-refractivity contribution is 6.34. The summed E-state index contributed by atoms with van der Waals surface area (Å²) in [4.78, 5) is 23.9. The Balaban J connectivity index is 1.80. The molecular formula is C17H18N2O3. The summed E-state index contributed by atoms with van der Waals surface area (Å²) < 4.78 is 0. The van der Waals surface area contributed by atoms with E-state index in [1.54, 1.807) is 0 Å². The minimum Gasteiger partial charge on any atom is -0.391 e. The molecule has 0 spiro atoms. The number of hydrogen-bond acceptors (Lipinski definition) is 3. The van der Waals surface area contributed by atoms with E-state index in [1.807, 2.05) is 36.4 Å². The van der Waals surface area contributed by atoms with Crippen LogP contribution in [0, 0.1) is 0 Å². The van der Waals surface area contributed by atoms with Crippen molar-refractivity contribution in [3.63, 3.8) is 0 Å². The number of piperidine rings is 1. The molecule has 5 nitrogen and oxygen atoms in total. The number of fused-ring (bicyclic) bond motifs is 1. The van der Waals surface area contributed by atoms with E-state index in [1.165, 1.54) is 4.90 Å². The van der Waals surface area contributed by atoms with Crippen molar-refractivity contribution >= 4 is 22.6 Å². The van der Waals surface area contributed by atoms with E-state index in [0.29, 0.717) is 13.0 Å². The number of β-amino-alcohol motifs (C(OH)–C–C–N with tert-alkyl or cyclic N) is 1. The van der Waals surface area contributed by atoms with Gasteiger partial charge in [0, 0.05) is 19.0 Å². The summed E-state index contributed by atoms with van der Waals surface area (Å²) >= 11 is 0. The molecule has 3 rings (SSSR count). The van der Waals surface area contributed by atoms with E-state index in [-0.39, 0.29) is 12.5 Å². The summed E-state index contributed by atoms with van der Waals surface area (Å²) in [6.07, 6.45) is -0.0865. The number of likely N-dealkylation sites (tertiary alicyclic amines) is 1. The largest absolute Gasteiger partial charge is 0.391 e. The molecular weight excluding hydrogens is 280 g/mol. The third-order valence-corrected chi connectivity index (χ3v) is 4.28. The predicted octanol–water partition coefficient (Wildman–Crippen LogP) is 1.00. The third-order valence-electron chi connectivity index (χ3n) is 4.28. The molecule has 1 saturated heterocycles. The first-order valence-electron chi connectivity index (χ1n) is 7.32. The number of carbonyl (C=O) groups is 2. The van der Waals surface area contributed by atoms with Crippen molar-refractivity contribution in [2.45, 2.75) is 18.4 Å². The van der Waals surface area contributed by atoms with Gasteiger partial charge >= 0.3 is 11.8 Å². The summed E-state index contributed by atoms with van der Waals surface area (Å²) in [5.74, 6) is -1.74. The number of rotatable bonds is 1. The van der Waals surface area contributed by atoms with Gasteiger partial charge in [-0.3, -0.25) is 9.59 Å². The minimum atomic E-state index is -0.976. The molecule has 1 heterocycles. The number of nitrogens with zero attached hydrogens (tertiary/aromatic N) is 1. The molecule has 2 amide bonds. The molecule has 3 N–H and O–H groups in total. The van der Waals surface area contributed by atoms with Gasteiger partial charge < -0.3 is 15.7 Å². The molecule has 5 heteroatoms. The molecule has 2 aromatic rings. The molecule has 0 radical (unpaired) electrons. The second-order valence-corrected chi connectivity index (χ2v) is 5.68. The van der Waals surface area contributed by atoms with Gasteiger partial charge in [0.15, 0.2) is 0 Å². The average Bonchev–Trinajstić information content (AvgIpc) is 2.53. The highest BCUT2D eigenvalue weighted by Crippen LogP contribution is 2.30. The number of hydrogen-bond donors (Lipinski definition) is 2. The normalized spacial score (nSPS) is 21.8. The van der Waals surface area contributed by atoms with Gasteiger partial charge in [-0.25, -0.2) is 0 Å². The highest BCUT2D eigenvalue weighted by atomic mass is 16.3. The zero-order valence-electron chi connectivity index (χ0n) is 12.1. The molecule has 1 aliphatic rings. The minimum absolute atomic E-state index is 0.0402. The summed E-state index contributed by atoms with van der Waals surface area (Å²) in [6, 6.07) is 14.2. The lowest BCUT2D eigenvalue weighted by Gasteiger charge is -2.35. The van der Waals surface area contributed by atoms with Crippen LogP contribution in [0.25, 0.3) is 10.8 Å². The Morgan fingerprint density at radius 3 is 2.55 bits per heavy atom. The van der Waals surface area contributed by atoms with Crippen LogP contribution in [0.2, 0.25) is 0 Å². The van der Waals surface area contributed by atoms with Crippen molar-refractivity contribution in [1.82, 2.24) is 4.90 Å². The lowest BCUT2D eigenvalue weighted by atomic mass is 9.86. The zero-order chi connectivity index (χ0) is 15.7. The van der Waals surface area contributed by atoms with Crippen LogP contribution in [0.4, 0.5) is 0 Å². The molecule has 1 aliphatic heterocycles. The van der Waals surface area contributed by atoms with Gasteiger partial charge in [-0.2, -0.15) is 0 Å². The molecule has 0 saturated carbocycles. The maximum atomic E-state index is 11.6. The van der Waals surface area contributed by atoms with Gasteiger partial charge in [0.05, 0.1) is 6.10 Å². The first-order chi connectivity index (χ1) is 10.6. The Morgan fingerprint density at radius 1 is 1.14 bits per heavy atom. The topological polar surface area (TPSA) is 83.6 Å². The van der Waals surface area contributed by atoms with Crippen LogP contribution in [0.5, 0.6) is 0 Å².